The van der Waals surface area contributed by atoms with Crippen molar-refractivity contribution in [3.63, 3.8) is 0 Å². The van der Waals surface area contributed by atoms with Crippen molar-refractivity contribution in [3.8, 4) is 11.5 Å². The fourth-order valence-electron chi connectivity index (χ4n) is 2.72. The number of hydrogen-bond acceptors (Lipinski definition) is 6. The summed E-state index contributed by atoms with van der Waals surface area (Å²) >= 11 is 9.47. The van der Waals surface area contributed by atoms with Gasteiger partial charge in [-0.15, -0.1) is 0 Å². The molecule has 0 radical (unpaired) electrons. The zero-order valence-electron chi connectivity index (χ0n) is 14.5. The SMILES string of the molecule is COc1ccc(CNc2c([N+](=O)[O-])c(Cl)nc3ccc(Br)cc23)c(OC)c1. The van der Waals surface area contributed by atoms with E-state index in [1.807, 2.05) is 6.07 Å². The van der Waals surface area contributed by atoms with Gasteiger partial charge in [0.25, 0.3) is 0 Å². The van der Waals surface area contributed by atoms with E-state index in [4.69, 9.17) is 21.1 Å². The van der Waals surface area contributed by atoms with Crippen LogP contribution in [0.4, 0.5) is 11.4 Å². The molecule has 0 saturated heterocycles. The molecule has 0 saturated carbocycles. The van der Waals surface area contributed by atoms with Gasteiger partial charge in [-0.3, -0.25) is 10.1 Å². The average molecular weight is 453 g/mol. The molecule has 0 aliphatic carbocycles. The fourth-order valence-corrected chi connectivity index (χ4v) is 3.34. The third-order valence-electron chi connectivity index (χ3n) is 4.01. The Bertz CT molecular complexity index is 1030. The molecule has 2 aromatic carbocycles. The fraction of sp³-hybridized carbons (Fsp3) is 0.167. The highest BCUT2D eigenvalue weighted by Gasteiger charge is 2.24. The predicted molar refractivity (Wildman–Crippen MR) is 108 cm³/mol. The van der Waals surface area contributed by atoms with Crippen LogP contribution in [0.15, 0.2) is 40.9 Å². The number of pyridine rings is 1. The van der Waals surface area contributed by atoms with Gasteiger partial charge < -0.3 is 14.8 Å². The van der Waals surface area contributed by atoms with Crippen LogP contribution in [0.2, 0.25) is 5.15 Å². The molecule has 0 aliphatic rings. The lowest BCUT2D eigenvalue weighted by Crippen LogP contribution is -2.06. The van der Waals surface area contributed by atoms with Gasteiger partial charge in [0.05, 0.1) is 24.7 Å². The Kier molecular flexibility index (Phi) is 5.67. The van der Waals surface area contributed by atoms with Gasteiger partial charge in [0.15, 0.2) is 0 Å². The Morgan fingerprint density at radius 1 is 1.22 bits per heavy atom. The molecule has 0 bridgehead atoms. The molecule has 7 nitrogen and oxygen atoms in total. The van der Waals surface area contributed by atoms with E-state index in [9.17, 15) is 10.1 Å². The number of nitrogens with one attached hydrogen (secondary N) is 1. The van der Waals surface area contributed by atoms with Gasteiger partial charge in [-0.2, -0.15) is 0 Å². The van der Waals surface area contributed by atoms with Crippen LogP contribution >= 0.6 is 27.5 Å². The largest absolute Gasteiger partial charge is 0.497 e. The second-order valence-corrected chi connectivity index (χ2v) is 6.85. The molecule has 1 aromatic heterocycles. The standard InChI is InChI=1S/C18H15BrClN3O4/c1-26-12-5-3-10(15(8-12)27-2)9-21-16-13-7-11(19)4-6-14(13)22-18(20)17(16)23(24)25/h3-8H,9H2,1-2H3,(H,21,22). The Labute approximate surface area is 168 Å². The van der Waals surface area contributed by atoms with E-state index in [0.29, 0.717) is 28.1 Å². The second kappa shape index (κ2) is 7.98. The van der Waals surface area contributed by atoms with Crippen LogP contribution in [-0.4, -0.2) is 24.1 Å². The summed E-state index contributed by atoms with van der Waals surface area (Å²) in [4.78, 5) is 15.2. The van der Waals surface area contributed by atoms with Crippen LogP contribution in [0, 0.1) is 10.1 Å². The van der Waals surface area contributed by atoms with E-state index in [2.05, 4.69) is 26.2 Å². The van der Waals surface area contributed by atoms with Crippen molar-refractivity contribution in [1.82, 2.24) is 4.98 Å². The van der Waals surface area contributed by atoms with E-state index >= 15 is 0 Å². The smallest absolute Gasteiger partial charge is 0.329 e. The van der Waals surface area contributed by atoms with Crippen molar-refractivity contribution >= 4 is 49.8 Å². The molecule has 9 heteroatoms. The molecule has 0 unspecified atom stereocenters. The number of ether oxygens (including phenoxy) is 2. The third kappa shape index (κ3) is 3.91. The lowest BCUT2D eigenvalue weighted by atomic mass is 10.1. The summed E-state index contributed by atoms with van der Waals surface area (Å²) in [6.07, 6.45) is 0. The molecule has 0 spiro atoms. The minimum atomic E-state index is -0.538. The molecule has 1 heterocycles. The number of aromatic nitrogens is 1. The lowest BCUT2D eigenvalue weighted by Gasteiger charge is -2.14. The van der Waals surface area contributed by atoms with Gasteiger partial charge in [0.2, 0.25) is 5.15 Å². The summed E-state index contributed by atoms with van der Waals surface area (Å²) in [5, 5.41) is 15.1. The topological polar surface area (TPSA) is 86.5 Å². The zero-order valence-corrected chi connectivity index (χ0v) is 16.8. The maximum atomic E-state index is 11.6. The summed E-state index contributed by atoms with van der Waals surface area (Å²) in [5.74, 6) is 1.26. The molecule has 0 fully saturated rings. The second-order valence-electron chi connectivity index (χ2n) is 5.58. The highest BCUT2D eigenvalue weighted by atomic mass is 79.9. The van der Waals surface area contributed by atoms with Crippen LogP contribution in [0.3, 0.4) is 0 Å². The highest BCUT2D eigenvalue weighted by molar-refractivity contribution is 9.10. The van der Waals surface area contributed by atoms with Crippen molar-refractivity contribution in [3.05, 3.63) is 61.7 Å². The average Bonchev–Trinajstić information content (AvgIpc) is 2.65. The maximum Gasteiger partial charge on any atom is 0.329 e. The van der Waals surface area contributed by atoms with Gasteiger partial charge >= 0.3 is 5.69 Å². The number of fused-ring (bicyclic) bond motifs is 1. The summed E-state index contributed by atoms with van der Waals surface area (Å²) in [5.41, 5.74) is 1.39. The minimum Gasteiger partial charge on any atom is -0.497 e. The molecule has 3 rings (SSSR count). The van der Waals surface area contributed by atoms with Crippen LogP contribution in [0.1, 0.15) is 5.56 Å². The van der Waals surface area contributed by atoms with Gasteiger partial charge in [-0.1, -0.05) is 27.5 Å². The highest BCUT2D eigenvalue weighted by Crippen LogP contribution is 2.39. The monoisotopic (exact) mass is 451 g/mol. The van der Waals surface area contributed by atoms with Gasteiger partial charge in [0.1, 0.15) is 17.2 Å². The Hall–Kier alpha value is -2.58. The number of nitrogens with zero attached hydrogens (tertiary/aromatic N) is 2. The number of halogens is 2. The van der Waals surface area contributed by atoms with Crippen molar-refractivity contribution in [2.45, 2.75) is 6.54 Å². The van der Waals surface area contributed by atoms with Crippen molar-refractivity contribution in [2.75, 3.05) is 19.5 Å². The van der Waals surface area contributed by atoms with Gasteiger partial charge in [-0.25, -0.2) is 4.98 Å². The van der Waals surface area contributed by atoms with E-state index < -0.39 is 4.92 Å². The minimum absolute atomic E-state index is 0.168. The number of benzene rings is 2. The summed E-state index contributed by atoms with van der Waals surface area (Å²) < 4.78 is 11.4. The van der Waals surface area contributed by atoms with E-state index in [1.165, 1.54) is 0 Å². The molecule has 0 atom stereocenters. The van der Waals surface area contributed by atoms with Gasteiger partial charge in [-0.05, 0) is 30.3 Å². The molecule has 0 aliphatic heterocycles. The molecular formula is C18H15BrClN3O4. The van der Waals surface area contributed by atoms with Crippen molar-refractivity contribution < 1.29 is 14.4 Å². The molecule has 3 aromatic rings. The summed E-state index contributed by atoms with van der Waals surface area (Å²) in [7, 11) is 3.12. The third-order valence-corrected chi connectivity index (χ3v) is 4.77. The lowest BCUT2D eigenvalue weighted by molar-refractivity contribution is -0.384. The molecule has 140 valence electrons. The van der Waals surface area contributed by atoms with Gasteiger partial charge in [0, 0.05) is 28.0 Å². The van der Waals surface area contributed by atoms with Crippen molar-refractivity contribution in [1.29, 1.82) is 0 Å². The van der Waals surface area contributed by atoms with Crippen LogP contribution in [-0.2, 0) is 6.54 Å². The Morgan fingerprint density at radius 3 is 2.67 bits per heavy atom. The number of hydrogen-bond donors (Lipinski definition) is 1. The number of rotatable bonds is 6. The Morgan fingerprint density at radius 2 is 2.00 bits per heavy atom. The predicted octanol–water partition coefficient (Wildman–Crippen LogP) is 5.19. The first kappa shape index (κ1) is 19.2. The first-order chi connectivity index (χ1) is 12.9. The van der Waals surface area contributed by atoms with E-state index in [0.717, 1.165) is 10.0 Å². The molecule has 1 N–H and O–H groups in total. The molecule has 27 heavy (non-hydrogen) atoms. The quantitative estimate of drug-likeness (QED) is 0.315. The van der Waals surface area contributed by atoms with Crippen LogP contribution in [0.5, 0.6) is 11.5 Å². The first-order valence-corrected chi connectivity index (χ1v) is 8.99. The number of nitro groups is 1. The first-order valence-electron chi connectivity index (χ1n) is 7.82. The van der Waals surface area contributed by atoms with Crippen molar-refractivity contribution in [2.24, 2.45) is 0 Å². The zero-order chi connectivity index (χ0) is 19.6. The number of methoxy groups -OCH3 is 2. The molecule has 0 amide bonds. The molecular weight excluding hydrogens is 438 g/mol. The Balaban J connectivity index is 2.07. The van der Waals surface area contributed by atoms with Crippen LogP contribution < -0.4 is 14.8 Å². The van der Waals surface area contributed by atoms with E-state index in [1.54, 1.807) is 44.6 Å². The summed E-state index contributed by atoms with van der Waals surface area (Å²) in [6, 6.07) is 10.7. The van der Waals surface area contributed by atoms with Crippen LogP contribution in [0.25, 0.3) is 10.9 Å². The summed E-state index contributed by atoms with van der Waals surface area (Å²) in [6.45, 7) is 0.288. The normalized spacial score (nSPS) is 10.7. The number of anilines is 1. The van der Waals surface area contributed by atoms with E-state index in [-0.39, 0.29) is 17.4 Å². The maximum absolute atomic E-state index is 11.6.